The number of rotatable bonds is 7. The number of hydrogen-bond donors (Lipinski definition) is 1. The van der Waals surface area contributed by atoms with E-state index >= 15 is 0 Å². The van der Waals surface area contributed by atoms with Crippen LogP contribution in [-0.4, -0.2) is 33.9 Å². The number of amides is 1. The molecule has 0 saturated heterocycles. The van der Waals surface area contributed by atoms with Gasteiger partial charge in [-0.3, -0.25) is 9.10 Å². The second kappa shape index (κ2) is 9.87. The first kappa shape index (κ1) is 24.0. The van der Waals surface area contributed by atoms with E-state index < -0.39 is 28.4 Å². The average Bonchev–Trinajstić information content (AvgIpc) is 2.79. The van der Waals surface area contributed by atoms with Crippen LogP contribution >= 0.6 is 0 Å². The van der Waals surface area contributed by atoms with Crippen molar-refractivity contribution in [1.82, 2.24) is 0 Å². The van der Waals surface area contributed by atoms with Crippen LogP contribution in [-0.2, 0) is 19.6 Å². The SMILES string of the molecule is COC(=O)c1cccc(NC(=O)CN(c2cccc(C)c2C)S(=O)(=O)c2ccc(C)cc2)c1. The lowest BCUT2D eigenvalue weighted by Crippen LogP contribution is -2.38. The highest BCUT2D eigenvalue weighted by molar-refractivity contribution is 7.92. The minimum Gasteiger partial charge on any atom is -0.465 e. The number of esters is 1. The molecule has 0 aromatic heterocycles. The molecule has 8 heteroatoms. The van der Waals surface area contributed by atoms with Crippen LogP contribution in [0.4, 0.5) is 11.4 Å². The summed E-state index contributed by atoms with van der Waals surface area (Å²) in [6.45, 7) is 5.13. The van der Waals surface area contributed by atoms with Gasteiger partial charge in [-0.2, -0.15) is 0 Å². The van der Waals surface area contributed by atoms with Crippen LogP contribution in [0.3, 0.4) is 0 Å². The third-order valence-corrected chi connectivity index (χ3v) is 7.08. The van der Waals surface area contributed by atoms with Gasteiger partial charge in [0, 0.05) is 5.69 Å². The molecule has 0 aliphatic carbocycles. The summed E-state index contributed by atoms with van der Waals surface area (Å²) in [5.74, 6) is -1.08. The molecule has 7 nitrogen and oxygen atoms in total. The van der Waals surface area contributed by atoms with Gasteiger partial charge in [-0.15, -0.1) is 0 Å². The number of sulfonamides is 1. The minimum atomic E-state index is -4.02. The van der Waals surface area contributed by atoms with Crippen molar-refractivity contribution in [3.05, 3.63) is 89.0 Å². The topological polar surface area (TPSA) is 92.8 Å². The summed E-state index contributed by atoms with van der Waals surface area (Å²) in [6, 6.07) is 18.1. The Balaban J connectivity index is 1.97. The summed E-state index contributed by atoms with van der Waals surface area (Å²) >= 11 is 0. The van der Waals surface area contributed by atoms with Crippen molar-refractivity contribution in [1.29, 1.82) is 0 Å². The molecule has 0 atom stereocenters. The second-order valence-corrected chi connectivity index (χ2v) is 9.53. The normalized spacial score (nSPS) is 11.0. The molecule has 0 unspecified atom stereocenters. The smallest absolute Gasteiger partial charge is 0.337 e. The molecule has 172 valence electrons. The lowest BCUT2D eigenvalue weighted by molar-refractivity contribution is -0.114. The Labute approximate surface area is 194 Å². The molecule has 1 N–H and O–H groups in total. The van der Waals surface area contributed by atoms with Gasteiger partial charge in [-0.25, -0.2) is 13.2 Å². The number of nitrogens with zero attached hydrogens (tertiary/aromatic N) is 1. The molecule has 0 aliphatic heterocycles. The number of methoxy groups -OCH3 is 1. The van der Waals surface area contributed by atoms with Gasteiger partial charge in [-0.1, -0.05) is 35.9 Å². The summed E-state index contributed by atoms with van der Waals surface area (Å²) in [5.41, 5.74) is 3.64. The predicted molar refractivity (Wildman–Crippen MR) is 128 cm³/mol. The van der Waals surface area contributed by atoms with Crippen LogP contribution in [0.15, 0.2) is 71.6 Å². The molecule has 3 rings (SSSR count). The number of carbonyl (C=O) groups excluding carboxylic acids is 2. The molecule has 0 saturated carbocycles. The molecule has 33 heavy (non-hydrogen) atoms. The summed E-state index contributed by atoms with van der Waals surface area (Å²) in [5, 5.41) is 2.68. The number of ether oxygens (including phenoxy) is 1. The number of carbonyl (C=O) groups is 2. The lowest BCUT2D eigenvalue weighted by Gasteiger charge is -2.26. The van der Waals surface area contributed by atoms with Gasteiger partial charge in [-0.05, 0) is 68.3 Å². The average molecular weight is 467 g/mol. The zero-order valence-electron chi connectivity index (χ0n) is 19.0. The Morgan fingerprint density at radius 1 is 0.939 bits per heavy atom. The summed E-state index contributed by atoms with van der Waals surface area (Å²) in [7, 11) is -2.76. The van der Waals surface area contributed by atoms with Gasteiger partial charge in [0.15, 0.2) is 0 Å². The van der Waals surface area contributed by atoms with E-state index in [4.69, 9.17) is 4.74 Å². The van der Waals surface area contributed by atoms with Crippen LogP contribution in [0.5, 0.6) is 0 Å². The first-order chi connectivity index (χ1) is 15.6. The zero-order valence-corrected chi connectivity index (χ0v) is 19.8. The maximum Gasteiger partial charge on any atom is 0.337 e. The van der Waals surface area contributed by atoms with Crippen molar-refractivity contribution in [3.8, 4) is 0 Å². The van der Waals surface area contributed by atoms with Crippen molar-refractivity contribution in [2.24, 2.45) is 0 Å². The standard InChI is InChI=1S/C25H26N2O5S/c1-17-11-13-22(14-12-17)33(30,31)27(23-10-5-7-18(2)19(23)3)16-24(28)26-21-9-6-8-20(15-21)25(29)32-4/h5-15H,16H2,1-4H3,(H,26,28). The Morgan fingerprint density at radius 3 is 2.27 bits per heavy atom. The molecule has 0 spiro atoms. The predicted octanol–water partition coefficient (Wildman–Crippen LogP) is 4.23. The summed E-state index contributed by atoms with van der Waals surface area (Å²) < 4.78 is 32.9. The van der Waals surface area contributed by atoms with Crippen LogP contribution in [0.2, 0.25) is 0 Å². The van der Waals surface area contributed by atoms with E-state index in [0.29, 0.717) is 11.4 Å². The molecule has 0 fully saturated rings. The highest BCUT2D eigenvalue weighted by Gasteiger charge is 2.28. The quantitative estimate of drug-likeness (QED) is 0.526. The fourth-order valence-electron chi connectivity index (χ4n) is 3.32. The second-order valence-electron chi connectivity index (χ2n) is 7.66. The molecular weight excluding hydrogens is 440 g/mol. The van der Waals surface area contributed by atoms with Crippen molar-refractivity contribution >= 4 is 33.3 Å². The molecular formula is C25H26N2O5S. The van der Waals surface area contributed by atoms with Gasteiger partial charge in [0.1, 0.15) is 6.54 Å². The van der Waals surface area contributed by atoms with E-state index in [2.05, 4.69) is 5.32 Å². The van der Waals surface area contributed by atoms with Crippen LogP contribution in [0.25, 0.3) is 0 Å². The lowest BCUT2D eigenvalue weighted by atomic mass is 10.1. The third kappa shape index (κ3) is 5.40. The van der Waals surface area contributed by atoms with Crippen LogP contribution < -0.4 is 9.62 Å². The summed E-state index contributed by atoms with van der Waals surface area (Å²) in [4.78, 5) is 24.8. The summed E-state index contributed by atoms with van der Waals surface area (Å²) in [6.07, 6.45) is 0. The first-order valence-electron chi connectivity index (χ1n) is 10.3. The molecule has 3 aromatic carbocycles. The maximum absolute atomic E-state index is 13.6. The number of hydrogen-bond acceptors (Lipinski definition) is 5. The zero-order chi connectivity index (χ0) is 24.2. The van der Waals surface area contributed by atoms with Crippen LogP contribution in [0.1, 0.15) is 27.0 Å². The van der Waals surface area contributed by atoms with Gasteiger partial charge >= 0.3 is 5.97 Å². The van der Waals surface area contributed by atoms with Gasteiger partial charge in [0.2, 0.25) is 5.91 Å². The molecule has 0 aliphatic rings. The number of anilines is 2. The minimum absolute atomic E-state index is 0.0921. The Hall–Kier alpha value is -3.65. The molecule has 3 aromatic rings. The largest absolute Gasteiger partial charge is 0.465 e. The number of benzene rings is 3. The van der Waals surface area contributed by atoms with E-state index in [0.717, 1.165) is 21.0 Å². The van der Waals surface area contributed by atoms with E-state index in [1.165, 1.54) is 25.3 Å². The Kier molecular flexibility index (Phi) is 7.18. The molecule has 1 amide bonds. The van der Waals surface area contributed by atoms with Crippen LogP contribution in [0, 0.1) is 20.8 Å². The fraction of sp³-hybridized carbons (Fsp3) is 0.200. The first-order valence-corrected chi connectivity index (χ1v) is 11.7. The molecule has 0 heterocycles. The monoisotopic (exact) mass is 466 g/mol. The highest BCUT2D eigenvalue weighted by Crippen LogP contribution is 2.29. The van der Waals surface area contributed by atoms with Gasteiger partial charge < -0.3 is 10.1 Å². The number of nitrogens with one attached hydrogen (secondary N) is 1. The van der Waals surface area contributed by atoms with Crippen molar-refractivity contribution in [3.63, 3.8) is 0 Å². The van der Waals surface area contributed by atoms with Crippen molar-refractivity contribution in [2.45, 2.75) is 25.7 Å². The molecule has 0 radical (unpaired) electrons. The Morgan fingerprint density at radius 2 is 1.61 bits per heavy atom. The van der Waals surface area contributed by atoms with E-state index in [-0.39, 0.29) is 10.5 Å². The van der Waals surface area contributed by atoms with E-state index in [1.807, 2.05) is 26.8 Å². The van der Waals surface area contributed by atoms with Gasteiger partial charge in [0.05, 0.1) is 23.3 Å². The third-order valence-electron chi connectivity index (χ3n) is 5.31. The van der Waals surface area contributed by atoms with E-state index in [9.17, 15) is 18.0 Å². The maximum atomic E-state index is 13.6. The Bertz CT molecular complexity index is 1280. The van der Waals surface area contributed by atoms with Crippen molar-refractivity contribution < 1.29 is 22.7 Å². The van der Waals surface area contributed by atoms with E-state index in [1.54, 1.807) is 42.5 Å². The van der Waals surface area contributed by atoms with Gasteiger partial charge in [0.25, 0.3) is 10.0 Å². The molecule has 0 bridgehead atoms. The number of aryl methyl sites for hydroxylation is 2. The highest BCUT2D eigenvalue weighted by atomic mass is 32.2. The fourth-order valence-corrected chi connectivity index (χ4v) is 4.79. The van der Waals surface area contributed by atoms with Crippen molar-refractivity contribution in [2.75, 3.05) is 23.3 Å².